The molecule has 0 saturated heterocycles. The van der Waals surface area contributed by atoms with Crippen molar-refractivity contribution in [2.24, 2.45) is 0 Å². The molecule has 24 heavy (non-hydrogen) atoms. The normalized spacial score (nSPS) is 10.6. The van der Waals surface area contributed by atoms with E-state index in [-0.39, 0.29) is 5.91 Å². The molecule has 0 aliphatic heterocycles. The van der Waals surface area contributed by atoms with Gasteiger partial charge in [0.25, 0.3) is 0 Å². The molecule has 0 saturated carbocycles. The van der Waals surface area contributed by atoms with Crippen LogP contribution in [0.2, 0.25) is 0 Å². The average molecular weight is 331 g/mol. The molecule has 0 spiro atoms. The molecule has 1 aromatic carbocycles. The Hall–Kier alpha value is -2.89. The van der Waals surface area contributed by atoms with Crippen LogP contribution in [0.5, 0.6) is 17.2 Å². The molecule has 1 heterocycles. The minimum absolute atomic E-state index is 0.174. The first kappa shape index (κ1) is 17.5. The van der Waals surface area contributed by atoms with Gasteiger partial charge in [0.05, 0.1) is 33.9 Å². The summed E-state index contributed by atoms with van der Waals surface area (Å²) in [5.41, 5.74) is 1.82. The zero-order valence-corrected chi connectivity index (χ0v) is 14.0. The van der Waals surface area contributed by atoms with Gasteiger partial charge in [0.15, 0.2) is 11.5 Å². The number of furan rings is 1. The zero-order chi connectivity index (χ0) is 17.4. The van der Waals surface area contributed by atoms with Crippen molar-refractivity contribution >= 4 is 12.0 Å². The summed E-state index contributed by atoms with van der Waals surface area (Å²) in [6.07, 6.45) is 7.16. The third-order valence-corrected chi connectivity index (χ3v) is 3.41. The molecule has 0 aliphatic rings. The number of ether oxygens (including phenoxy) is 3. The Kier molecular flexibility index (Phi) is 6.31. The van der Waals surface area contributed by atoms with Crippen molar-refractivity contribution in [2.75, 3.05) is 27.9 Å². The van der Waals surface area contributed by atoms with Gasteiger partial charge < -0.3 is 23.9 Å². The van der Waals surface area contributed by atoms with Gasteiger partial charge in [0, 0.05) is 12.6 Å². The lowest BCUT2D eigenvalue weighted by Crippen LogP contribution is -2.23. The molecule has 0 bridgehead atoms. The van der Waals surface area contributed by atoms with Gasteiger partial charge in [-0.3, -0.25) is 4.79 Å². The van der Waals surface area contributed by atoms with E-state index in [2.05, 4.69) is 5.32 Å². The van der Waals surface area contributed by atoms with Crippen LogP contribution in [0.15, 0.2) is 41.2 Å². The van der Waals surface area contributed by atoms with Crippen molar-refractivity contribution in [3.05, 3.63) is 47.9 Å². The Labute approximate surface area is 141 Å². The van der Waals surface area contributed by atoms with E-state index in [1.165, 1.54) is 6.08 Å². The van der Waals surface area contributed by atoms with Gasteiger partial charge in [-0.25, -0.2) is 0 Å². The van der Waals surface area contributed by atoms with E-state index >= 15 is 0 Å². The molecule has 0 unspecified atom stereocenters. The molecule has 2 aromatic rings. The second-order valence-corrected chi connectivity index (χ2v) is 4.96. The van der Waals surface area contributed by atoms with Crippen LogP contribution in [-0.2, 0) is 11.2 Å². The molecule has 128 valence electrons. The number of carbonyl (C=O) groups is 1. The van der Waals surface area contributed by atoms with Gasteiger partial charge in [-0.05, 0) is 41.8 Å². The van der Waals surface area contributed by atoms with E-state index < -0.39 is 0 Å². The maximum Gasteiger partial charge on any atom is 0.244 e. The maximum absolute atomic E-state index is 11.9. The third kappa shape index (κ3) is 4.55. The van der Waals surface area contributed by atoms with Gasteiger partial charge in [0.2, 0.25) is 11.7 Å². The highest BCUT2D eigenvalue weighted by molar-refractivity contribution is 5.91. The number of nitrogens with one attached hydrogen (secondary N) is 1. The van der Waals surface area contributed by atoms with Gasteiger partial charge in [0.1, 0.15) is 0 Å². The lowest BCUT2D eigenvalue weighted by Gasteiger charge is -2.12. The van der Waals surface area contributed by atoms with E-state index in [0.29, 0.717) is 23.8 Å². The molecule has 1 N–H and O–H groups in total. The zero-order valence-electron chi connectivity index (χ0n) is 14.0. The highest BCUT2D eigenvalue weighted by Crippen LogP contribution is 2.38. The fourth-order valence-corrected chi connectivity index (χ4v) is 2.19. The molecule has 1 aromatic heterocycles. The summed E-state index contributed by atoms with van der Waals surface area (Å²) < 4.78 is 20.8. The first-order chi connectivity index (χ1) is 11.7. The van der Waals surface area contributed by atoms with Gasteiger partial charge >= 0.3 is 0 Å². The maximum atomic E-state index is 11.9. The predicted octanol–water partition coefficient (Wildman–Crippen LogP) is 2.68. The van der Waals surface area contributed by atoms with Gasteiger partial charge in [-0.2, -0.15) is 0 Å². The standard InChI is InChI=1S/C18H21NO5/c1-21-15-10-14(11-16(22-2)18(15)23-3)4-5-17(20)19-8-6-13-7-9-24-12-13/h4-5,7,9-12H,6,8H2,1-3H3,(H,19,20)/b5-4+. The Morgan fingerprint density at radius 1 is 1.17 bits per heavy atom. The monoisotopic (exact) mass is 331 g/mol. The van der Waals surface area contributed by atoms with Crippen molar-refractivity contribution in [3.8, 4) is 17.2 Å². The molecule has 0 fully saturated rings. The van der Waals surface area contributed by atoms with E-state index in [9.17, 15) is 4.79 Å². The van der Waals surface area contributed by atoms with Crippen LogP contribution >= 0.6 is 0 Å². The van der Waals surface area contributed by atoms with Crippen LogP contribution in [0.3, 0.4) is 0 Å². The van der Waals surface area contributed by atoms with Crippen LogP contribution in [0.4, 0.5) is 0 Å². The first-order valence-electron chi connectivity index (χ1n) is 7.45. The summed E-state index contributed by atoms with van der Waals surface area (Å²) in [7, 11) is 4.64. The van der Waals surface area contributed by atoms with Crippen molar-refractivity contribution in [3.63, 3.8) is 0 Å². The number of benzene rings is 1. The largest absolute Gasteiger partial charge is 0.493 e. The van der Waals surface area contributed by atoms with Crippen LogP contribution in [0, 0.1) is 0 Å². The van der Waals surface area contributed by atoms with Gasteiger partial charge in [-0.15, -0.1) is 0 Å². The Morgan fingerprint density at radius 2 is 1.88 bits per heavy atom. The number of hydrogen-bond donors (Lipinski definition) is 1. The molecule has 1 amide bonds. The summed E-state index contributed by atoms with van der Waals surface area (Å²) in [6, 6.07) is 5.42. The quantitative estimate of drug-likeness (QED) is 0.753. The van der Waals surface area contributed by atoms with E-state index in [0.717, 1.165) is 17.5 Å². The second kappa shape index (κ2) is 8.67. The lowest BCUT2D eigenvalue weighted by molar-refractivity contribution is -0.116. The van der Waals surface area contributed by atoms with E-state index in [1.807, 2.05) is 6.07 Å². The summed E-state index contributed by atoms with van der Waals surface area (Å²) in [4.78, 5) is 11.9. The van der Waals surface area contributed by atoms with Crippen molar-refractivity contribution in [1.29, 1.82) is 0 Å². The number of methoxy groups -OCH3 is 3. The summed E-state index contributed by atoms with van der Waals surface area (Å²) in [5, 5.41) is 2.82. The average Bonchev–Trinajstić information content (AvgIpc) is 3.12. The van der Waals surface area contributed by atoms with Crippen LogP contribution in [0.1, 0.15) is 11.1 Å². The second-order valence-electron chi connectivity index (χ2n) is 4.96. The highest BCUT2D eigenvalue weighted by atomic mass is 16.5. The Morgan fingerprint density at radius 3 is 2.42 bits per heavy atom. The number of carbonyl (C=O) groups excluding carboxylic acids is 1. The molecule has 6 nitrogen and oxygen atoms in total. The Balaban J connectivity index is 1.98. The molecule has 2 rings (SSSR count). The fourth-order valence-electron chi connectivity index (χ4n) is 2.19. The van der Waals surface area contributed by atoms with E-state index in [1.54, 1.807) is 52.1 Å². The number of hydrogen-bond acceptors (Lipinski definition) is 5. The minimum atomic E-state index is -0.174. The van der Waals surface area contributed by atoms with Crippen LogP contribution < -0.4 is 19.5 Å². The first-order valence-corrected chi connectivity index (χ1v) is 7.45. The summed E-state index contributed by atoms with van der Waals surface area (Å²) >= 11 is 0. The van der Waals surface area contributed by atoms with Crippen molar-refractivity contribution < 1.29 is 23.4 Å². The number of rotatable bonds is 8. The Bertz CT molecular complexity index is 666. The summed E-state index contributed by atoms with van der Waals surface area (Å²) in [6.45, 7) is 0.540. The van der Waals surface area contributed by atoms with Crippen molar-refractivity contribution in [2.45, 2.75) is 6.42 Å². The molecule has 0 aliphatic carbocycles. The predicted molar refractivity (Wildman–Crippen MR) is 90.6 cm³/mol. The molecular weight excluding hydrogens is 310 g/mol. The van der Waals surface area contributed by atoms with Crippen LogP contribution in [0.25, 0.3) is 6.08 Å². The highest BCUT2D eigenvalue weighted by Gasteiger charge is 2.12. The van der Waals surface area contributed by atoms with Crippen molar-refractivity contribution in [1.82, 2.24) is 5.32 Å². The summed E-state index contributed by atoms with van der Waals surface area (Å²) in [5.74, 6) is 1.42. The SMILES string of the molecule is COc1cc(/C=C/C(=O)NCCc2ccoc2)cc(OC)c1OC. The van der Waals surface area contributed by atoms with Crippen LogP contribution in [-0.4, -0.2) is 33.8 Å². The molecular formula is C18H21NO5. The van der Waals surface area contributed by atoms with Gasteiger partial charge in [-0.1, -0.05) is 0 Å². The molecule has 6 heteroatoms. The molecule has 0 atom stereocenters. The minimum Gasteiger partial charge on any atom is -0.493 e. The fraction of sp³-hybridized carbons (Fsp3) is 0.278. The third-order valence-electron chi connectivity index (χ3n) is 3.41. The lowest BCUT2D eigenvalue weighted by atomic mass is 10.1. The topological polar surface area (TPSA) is 69.9 Å². The smallest absolute Gasteiger partial charge is 0.244 e. The molecule has 0 radical (unpaired) electrons. The number of amides is 1. The van der Waals surface area contributed by atoms with E-state index in [4.69, 9.17) is 18.6 Å².